The summed E-state index contributed by atoms with van der Waals surface area (Å²) in [7, 11) is 0. The first-order valence-electron chi connectivity index (χ1n) is 9.27. The predicted octanol–water partition coefficient (Wildman–Crippen LogP) is 2.66. The summed E-state index contributed by atoms with van der Waals surface area (Å²) in [4.78, 5) is 25.7. The van der Waals surface area contributed by atoms with Crippen molar-refractivity contribution in [2.24, 2.45) is 0 Å². The molecule has 0 radical (unpaired) electrons. The second-order valence-corrected chi connectivity index (χ2v) is 7.58. The van der Waals surface area contributed by atoms with Crippen molar-refractivity contribution in [1.82, 2.24) is 9.47 Å². The van der Waals surface area contributed by atoms with Crippen LogP contribution < -0.4 is 0 Å². The fourth-order valence-electron chi connectivity index (χ4n) is 4.36. The third-order valence-corrected chi connectivity index (χ3v) is 5.93. The van der Waals surface area contributed by atoms with Crippen LogP contribution in [0.3, 0.4) is 0 Å². The van der Waals surface area contributed by atoms with Gasteiger partial charge in [-0.1, -0.05) is 19.3 Å². The fourth-order valence-corrected chi connectivity index (χ4v) is 4.36. The Kier molecular flexibility index (Phi) is 4.91. The molecule has 2 N–H and O–H groups in total. The number of aliphatic carboxylic acids is 1. The molecule has 2 heterocycles. The summed E-state index contributed by atoms with van der Waals surface area (Å²) in [6.07, 6.45) is 6.27. The molecule has 0 aromatic carbocycles. The Morgan fingerprint density at radius 1 is 1.12 bits per heavy atom. The van der Waals surface area contributed by atoms with Crippen LogP contribution in [0.5, 0.6) is 0 Å². The number of aliphatic hydroxyl groups is 1. The van der Waals surface area contributed by atoms with Gasteiger partial charge >= 0.3 is 5.97 Å². The smallest absolute Gasteiger partial charge is 0.335 e. The lowest BCUT2D eigenvalue weighted by atomic mass is 9.91. The largest absolute Gasteiger partial charge is 0.479 e. The van der Waals surface area contributed by atoms with Gasteiger partial charge in [0.25, 0.3) is 5.91 Å². The molecule has 3 rings (SSSR count). The van der Waals surface area contributed by atoms with Crippen molar-refractivity contribution in [3.05, 3.63) is 23.0 Å². The van der Waals surface area contributed by atoms with Gasteiger partial charge in [-0.05, 0) is 32.8 Å². The molecule has 1 aliphatic heterocycles. The first-order chi connectivity index (χ1) is 11.8. The maximum Gasteiger partial charge on any atom is 0.335 e. The van der Waals surface area contributed by atoms with Crippen LogP contribution in [0.15, 0.2) is 6.07 Å². The van der Waals surface area contributed by atoms with E-state index in [0.29, 0.717) is 11.6 Å². The first kappa shape index (κ1) is 18.0. The number of carboxylic acids is 1. The lowest BCUT2D eigenvalue weighted by Crippen LogP contribution is -2.50. The van der Waals surface area contributed by atoms with Crippen molar-refractivity contribution in [3.8, 4) is 0 Å². The molecule has 6 nitrogen and oxygen atoms in total. The lowest BCUT2D eigenvalue weighted by molar-refractivity contribution is -0.162. The number of aromatic nitrogens is 1. The van der Waals surface area contributed by atoms with E-state index in [0.717, 1.165) is 11.4 Å². The highest BCUT2D eigenvalue weighted by atomic mass is 16.4. The van der Waals surface area contributed by atoms with Gasteiger partial charge in [-0.2, -0.15) is 0 Å². The number of piperidine rings is 1. The van der Waals surface area contributed by atoms with Gasteiger partial charge in [0.15, 0.2) is 5.60 Å². The molecule has 0 spiro atoms. The molecule has 0 unspecified atom stereocenters. The minimum Gasteiger partial charge on any atom is -0.479 e. The van der Waals surface area contributed by atoms with Gasteiger partial charge in [-0.25, -0.2) is 4.79 Å². The zero-order chi connectivity index (χ0) is 18.2. The van der Waals surface area contributed by atoms with E-state index in [2.05, 4.69) is 11.5 Å². The number of nitrogens with zero attached hydrogens (tertiary/aromatic N) is 2. The van der Waals surface area contributed by atoms with Crippen LogP contribution in [0.4, 0.5) is 0 Å². The third kappa shape index (κ3) is 3.32. The average Bonchev–Trinajstić information content (AvgIpc) is 2.90. The number of carboxylic acid groups (broad SMARTS) is 1. The molecule has 0 atom stereocenters. The molecule has 2 fully saturated rings. The highest BCUT2D eigenvalue weighted by Gasteiger charge is 2.41. The Morgan fingerprint density at radius 2 is 1.72 bits per heavy atom. The van der Waals surface area contributed by atoms with E-state index in [9.17, 15) is 14.7 Å². The van der Waals surface area contributed by atoms with Gasteiger partial charge < -0.3 is 19.7 Å². The van der Waals surface area contributed by atoms with Gasteiger partial charge in [0.2, 0.25) is 0 Å². The molecule has 6 heteroatoms. The quantitative estimate of drug-likeness (QED) is 0.880. The van der Waals surface area contributed by atoms with E-state index >= 15 is 0 Å². The van der Waals surface area contributed by atoms with Gasteiger partial charge in [0.1, 0.15) is 0 Å². The Morgan fingerprint density at radius 3 is 2.28 bits per heavy atom. The molecule has 25 heavy (non-hydrogen) atoms. The van der Waals surface area contributed by atoms with Gasteiger partial charge in [0.05, 0.1) is 5.56 Å². The zero-order valence-electron chi connectivity index (χ0n) is 15.1. The number of carbonyl (C=O) groups is 2. The minimum atomic E-state index is -1.70. The summed E-state index contributed by atoms with van der Waals surface area (Å²) < 4.78 is 2.31. The van der Waals surface area contributed by atoms with E-state index in [1.807, 2.05) is 13.0 Å². The summed E-state index contributed by atoms with van der Waals surface area (Å²) in [5, 5.41) is 19.2. The van der Waals surface area contributed by atoms with E-state index in [-0.39, 0.29) is 31.8 Å². The molecular weight excluding hydrogens is 320 g/mol. The Labute approximate surface area is 148 Å². The molecule has 1 saturated heterocycles. The lowest BCUT2D eigenvalue weighted by Gasteiger charge is -2.35. The second kappa shape index (κ2) is 6.83. The molecule has 138 valence electrons. The van der Waals surface area contributed by atoms with Crippen LogP contribution in [-0.2, 0) is 4.79 Å². The second-order valence-electron chi connectivity index (χ2n) is 7.58. The van der Waals surface area contributed by atoms with Crippen LogP contribution in [0.25, 0.3) is 0 Å². The molecule has 1 aromatic heterocycles. The summed E-state index contributed by atoms with van der Waals surface area (Å²) in [6.45, 7) is 4.60. The van der Waals surface area contributed by atoms with Crippen molar-refractivity contribution in [3.63, 3.8) is 0 Å². The number of aryl methyl sites for hydroxylation is 1. The number of rotatable bonds is 3. The summed E-state index contributed by atoms with van der Waals surface area (Å²) in [5.74, 6) is -1.25. The normalized spacial score (nSPS) is 21.3. The highest BCUT2D eigenvalue weighted by molar-refractivity contribution is 5.96. The van der Waals surface area contributed by atoms with Crippen LogP contribution in [0.1, 0.15) is 72.7 Å². The summed E-state index contributed by atoms with van der Waals surface area (Å²) >= 11 is 0. The topological polar surface area (TPSA) is 82.8 Å². The maximum absolute atomic E-state index is 12.9. The molecule has 1 aromatic rings. The van der Waals surface area contributed by atoms with Crippen LogP contribution in [-0.4, -0.2) is 50.2 Å². The van der Waals surface area contributed by atoms with Crippen LogP contribution in [0, 0.1) is 13.8 Å². The number of carbonyl (C=O) groups excluding carboxylic acids is 1. The number of hydrogen-bond donors (Lipinski definition) is 2. The Bertz CT molecular complexity index is 665. The van der Waals surface area contributed by atoms with Crippen LogP contribution >= 0.6 is 0 Å². The maximum atomic E-state index is 12.9. The highest BCUT2D eigenvalue weighted by Crippen LogP contribution is 2.33. The monoisotopic (exact) mass is 348 g/mol. The molecule has 1 saturated carbocycles. The SMILES string of the molecule is Cc1cc(C(=O)N2CCC(O)(C(=O)O)CC2)c(C)n1C1CCCCC1. The standard InChI is InChI=1S/C19H28N2O4/c1-13-12-16(14(2)21(13)15-6-4-3-5-7-15)17(22)20-10-8-19(25,9-11-20)18(23)24/h12,15,25H,3-11H2,1-2H3,(H,23,24). The summed E-state index contributed by atoms with van der Waals surface area (Å²) in [6, 6.07) is 2.44. The van der Waals surface area contributed by atoms with E-state index in [1.165, 1.54) is 32.1 Å². The minimum absolute atomic E-state index is 0.0531. The Hall–Kier alpha value is -1.82. The number of hydrogen-bond acceptors (Lipinski definition) is 3. The fraction of sp³-hybridized carbons (Fsp3) is 0.684. The predicted molar refractivity (Wildman–Crippen MR) is 93.8 cm³/mol. The molecule has 0 bridgehead atoms. The summed E-state index contributed by atoms with van der Waals surface area (Å²) in [5.41, 5.74) is 1.14. The number of likely N-dealkylation sites (tertiary alicyclic amines) is 1. The van der Waals surface area contributed by atoms with E-state index in [1.54, 1.807) is 4.90 Å². The van der Waals surface area contributed by atoms with Crippen molar-refractivity contribution in [2.45, 2.75) is 70.4 Å². The van der Waals surface area contributed by atoms with Crippen molar-refractivity contribution in [1.29, 1.82) is 0 Å². The Balaban J connectivity index is 1.76. The van der Waals surface area contributed by atoms with E-state index in [4.69, 9.17) is 5.11 Å². The third-order valence-electron chi connectivity index (χ3n) is 5.93. The van der Waals surface area contributed by atoms with Crippen LogP contribution in [0.2, 0.25) is 0 Å². The molecular formula is C19H28N2O4. The molecule has 1 aliphatic carbocycles. The van der Waals surface area contributed by atoms with Gasteiger partial charge in [0, 0.05) is 43.4 Å². The van der Waals surface area contributed by atoms with Crippen molar-refractivity contribution >= 4 is 11.9 Å². The number of amides is 1. The van der Waals surface area contributed by atoms with Gasteiger partial charge in [-0.3, -0.25) is 4.79 Å². The first-order valence-corrected chi connectivity index (χ1v) is 9.27. The average molecular weight is 348 g/mol. The van der Waals surface area contributed by atoms with Crippen molar-refractivity contribution < 1.29 is 19.8 Å². The van der Waals surface area contributed by atoms with E-state index < -0.39 is 11.6 Å². The van der Waals surface area contributed by atoms with Gasteiger partial charge in [-0.15, -0.1) is 0 Å². The molecule has 2 aliphatic rings. The zero-order valence-corrected chi connectivity index (χ0v) is 15.1. The van der Waals surface area contributed by atoms with Crippen molar-refractivity contribution in [2.75, 3.05) is 13.1 Å². The molecule has 1 amide bonds.